The minimum Gasteiger partial charge on any atom is -0.382 e. The first-order valence-electron chi connectivity index (χ1n) is 5.94. The summed E-state index contributed by atoms with van der Waals surface area (Å²) < 4.78 is 26.6. The number of nitrogens with one attached hydrogen (secondary N) is 1. The number of carbonyl (C=O) groups excluding carboxylic acids is 1. The van der Waals surface area contributed by atoms with E-state index in [1.165, 1.54) is 4.90 Å². The molecule has 0 aliphatic carbocycles. The van der Waals surface area contributed by atoms with Crippen molar-refractivity contribution in [1.82, 2.24) is 4.90 Å². The van der Waals surface area contributed by atoms with E-state index in [0.29, 0.717) is 16.8 Å². The van der Waals surface area contributed by atoms with Crippen molar-refractivity contribution in [3.8, 4) is 0 Å². The molecule has 1 aliphatic rings. The first kappa shape index (κ1) is 14.3. The van der Waals surface area contributed by atoms with Gasteiger partial charge in [-0.2, -0.15) is 0 Å². The van der Waals surface area contributed by atoms with Crippen molar-refractivity contribution in [2.45, 2.75) is 5.75 Å². The highest BCUT2D eigenvalue weighted by molar-refractivity contribution is 7.89. The number of amides is 1. The van der Waals surface area contributed by atoms with Gasteiger partial charge in [0.1, 0.15) is 5.84 Å². The topological polar surface area (TPSA) is 105 Å². The van der Waals surface area contributed by atoms with E-state index in [1.54, 1.807) is 32.3 Å². The summed E-state index contributed by atoms with van der Waals surface area (Å²) >= 11 is 0. The van der Waals surface area contributed by atoms with Crippen LogP contribution in [-0.2, 0) is 20.6 Å². The van der Waals surface area contributed by atoms with Gasteiger partial charge in [0.05, 0.1) is 12.3 Å². The number of sulfonamides is 1. The fourth-order valence-corrected chi connectivity index (χ4v) is 3.01. The van der Waals surface area contributed by atoms with Gasteiger partial charge in [0.25, 0.3) is 10.0 Å². The van der Waals surface area contributed by atoms with E-state index in [9.17, 15) is 13.2 Å². The van der Waals surface area contributed by atoms with Crippen molar-refractivity contribution in [1.29, 1.82) is 0 Å². The van der Waals surface area contributed by atoms with Crippen LogP contribution in [0.4, 0.5) is 5.69 Å². The molecular weight excluding hydrogens is 280 g/mol. The molecule has 0 spiro atoms. The molecule has 0 radical (unpaired) electrons. The average molecular weight is 296 g/mol. The molecule has 0 unspecified atom stereocenters. The van der Waals surface area contributed by atoms with Gasteiger partial charge in [-0.1, -0.05) is 12.1 Å². The van der Waals surface area contributed by atoms with E-state index < -0.39 is 10.0 Å². The van der Waals surface area contributed by atoms with Crippen LogP contribution in [0, 0.1) is 0 Å². The van der Waals surface area contributed by atoms with Gasteiger partial charge in [0.2, 0.25) is 5.91 Å². The van der Waals surface area contributed by atoms with Crippen LogP contribution in [0.15, 0.2) is 22.6 Å². The van der Waals surface area contributed by atoms with E-state index in [0.717, 1.165) is 0 Å². The van der Waals surface area contributed by atoms with Gasteiger partial charge in [0.15, 0.2) is 0 Å². The van der Waals surface area contributed by atoms with E-state index in [-0.39, 0.29) is 24.0 Å². The van der Waals surface area contributed by atoms with E-state index >= 15 is 0 Å². The summed E-state index contributed by atoms with van der Waals surface area (Å²) in [6, 6.07) is 5.14. The molecular formula is C12H16N4O3S. The lowest BCUT2D eigenvalue weighted by molar-refractivity contribution is -0.126. The Labute approximate surface area is 117 Å². The summed E-state index contributed by atoms with van der Waals surface area (Å²) in [5.74, 6) is -0.326. The molecule has 0 saturated carbocycles. The van der Waals surface area contributed by atoms with Crippen molar-refractivity contribution in [3.63, 3.8) is 0 Å². The second-order valence-corrected chi connectivity index (χ2v) is 6.32. The van der Waals surface area contributed by atoms with Crippen LogP contribution in [0.25, 0.3) is 0 Å². The minimum absolute atomic E-state index is 0.0494. The van der Waals surface area contributed by atoms with Crippen molar-refractivity contribution in [2.24, 2.45) is 10.1 Å². The molecule has 0 aromatic heterocycles. The van der Waals surface area contributed by atoms with Crippen LogP contribution < -0.4 is 11.1 Å². The fraction of sp³-hybridized carbons (Fsp3) is 0.333. The number of benzene rings is 1. The molecule has 0 saturated heterocycles. The highest BCUT2D eigenvalue weighted by atomic mass is 32.2. The van der Waals surface area contributed by atoms with Crippen LogP contribution in [0.2, 0.25) is 0 Å². The van der Waals surface area contributed by atoms with Gasteiger partial charge >= 0.3 is 0 Å². The third-order valence-corrected chi connectivity index (χ3v) is 4.06. The Morgan fingerprint density at radius 3 is 2.80 bits per heavy atom. The first-order chi connectivity index (χ1) is 9.30. The number of hydrogen-bond acceptors (Lipinski definition) is 5. The number of hydrogen-bond donors (Lipinski definition) is 2. The molecule has 0 bridgehead atoms. The maximum atomic E-state index is 11.6. The lowest BCUT2D eigenvalue weighted by atomic mass is 10.1. The average Bonchev–Trinajstić information content (AvgIpc) is 2.33. The maximum Gasteiger partial charge on any atom is 0.259 e. The molecule has 1 aliphatic heterocycles. The summed E-state index contributed by atoms with van der Waals surface area (Å²) in [6.45, 7) is 0.101. The normalized spacial score (nSPS) is 16.0. The van der Waals surface area contributed by atoms with Crippen molar-refractivity contribution >= 4 is 27.5 Å². The molecule has 3 N–H and O–H groups in total. The monoisotopic (exact) mass is 296 g/mol. The van der Waals surface area contributed by atoms with Crippen LogP contribution in [-0.4, -0.2) is 45.7 Å². The van der Waals surface area contributed by atoms with Crippen LogP contribution in [0.3, 0.4) is 0 Å². The quantitative estimate of drug-likeness (QED) is 0.799. The molecule has 1 aromatic carbocycles. The molecule has 7 nitrogen and oxygen atoms in total. The van der Waals surface area contributed by atoms with Gasteiger partial charge < -0.3 is 16.0 Å². The zero-order valence-electron chi connectivity index (χ0n) is 11.3. The van der Waals surface area contributed by atoms with Gasteiger partial charge in [-0.25, -0.2) is 8.42 Å². The van der Waals surface area contributed by atoms with Crippen molar-refractivity contribution in [3.05, 3.63) is 29.3 Å². The van der Waals surface area contributed by atoms with Crippen molar-refractivity contribution < 1.29 is 13.2 Å². The predicted molar refractivity (Wildman–Crippen MR) is 77.0 cm³/mol. The lowest BCUT2D eigenvalue weighted by Gasteiger charge is -2.19. The molecule has 108 valence electrons. The van der Waals surface area contributed by atoms with Crippen molar-refractivity contribution in [2.75, 3.05) is 26.0 Å². The Balaban J connectivity index is 2.32. The van der Waals surface area contributed by atoms with Crippen LogP contribution in [0.1, 0.15) is 11.1 Å². The van der Waals surface area contributed by atoms with Crippen LogP contribution in [0.5, 0.6) is 0 Å². The second-order valence-electron chi connectivity index (χ2n) is 4.68. The number of nitrogens with zero attached hydrogens (tertiary/aromatic N) is 2. The summed E-state index contributed by atoms with van der Waals surface area (Å²) in [7, 11) is -0.228. The smallest absolute Gasteiger partial charge is 0.259 e. The molecule has 1 amide bonds. The summed E-state index contributed by atoms with van der Waals surface area (Å²) in [5.41, 5.74) is 7.46. The van der Waals surface area contributed by atoms with E-state index in [4.69, 9.17) is 5.73 Å². The Bertz CT molecular complexity index is 680. The number of likely N-dealkylation sites (N-methyl/N-ethyl adjacent to an activating group) is 1. The van der Waals surface area contributed by atoms with E-state index in [2.05, 4.69) is 9.71 Å². The molecule has 20 heavy (non-hydrogen) atoms. The summed E-state index contributed by atoms with van der Waals surface area (Å²) in [5, 5.41) is 2.96. The standard InChI is InChI=1S/C12H16N4O3S/c1-16(2)10(17)6-14-9-5-3-4-8-7-20(18,19)15-12(13)11(8)9/h3-5,14H,6-7H2,1-2H3,(H2,13,15). The first-order valence-corrected chi connectivity index (χ1v) is 7.55. The third-order valence-electron chi connectivity index (χ3n) is 2.91. The minimum atomic E-state index is -3.55. The lowest BCUT2D eigenvalue weighted by Crippen LogP contribution is -2.30. The summed E-state index contributed by atoms with van der Waals surface area (Å²) in [6.07, 6.45) is 0. The Kier molecular flexibility index (Phi) is 3.67. The van der Waals surface area contributed by atoms with Gasteiger partial charge in [0, 0.05) is 25.3 Å². The zero-order chi connectivity index (χ0) is 14.9. The SMILES string of the molecule is CN(C)C(=O)CNc1cccc2c1C(N)=NS(=O)(=O)C2. The van der Waals surface area contributed by atoms with Crippen LogP contribution >= 0.6 is 0 Å². The maximum absolute atomic E-state index is 11.6. The number of nitrogens with two attached hydrogens (primary N) is 1. The largest absolute Gasteiger partial charge is 0.382 e. The highest BCUT2D eigenvalue weighted by Gasteiger charge is 2.24. The summed E-state index contributed by atoms with van der Waals surface area (Å²) in [4.78, 5) is 13.0. The third kappa shape index (κ3) is 2.90. The molecule has 2 rings (SSSR count). The number of fused-ring (bicyclic) bond motifs is 1. The Hall–Kier alpha value is -2.09. The number of carbonyl (C=O) groups is 1. The molecule has 1 aromatic rings. The fourth-order valence-electron chi connectivity index (χ4n) is 1.92. The second kappa shape index (κ2) is 5.12. The molecule has 8 heteroatoms. The van der Waals surface area contributed by atoms with Gasteiger partial charge in [-0.3, -0.25) is 4.79 Å². The number of amidine groups is 1. The Morgan fingerprint density at radius 2 is 2.15 bits per heavy atom. The van der Waals surface area contributed by atoms with Gasteiger partial charge in [-0.15, -0.1) is 4.40 Å². The molecule has 0 fully saturated rings. The zero-order valence-corrected chi connectivity index (χ0v) is 12.1. The van der Waals surface area contributed by atoms with Gasteiger partial charge in [-0.05, 0) is 11.6 Å². The number of anilines is 1. The highest BCUT2D eigenvalue weighted by Crippen LogP contribution is 2.26. The molecule has 0 atom stereocenters. The Morgan fingerprint density at radius 1 is 1.45 bits per heavy atom. The predicted octanol–water partition coefficient (Wildman–Crippen LogP) is -0.265. The molecule has 1 heterocycles. The van der Waals surface area contributed by atoms with E-state index in [1.807, 2.05) is 0 Å². The number of rotatable bonds is 3.